The van der Waals surface area contributed by atoms with E-state index in [1.807, 2.05) is 24.3 Å². The van der Waals surface area contributed by atoms with Crippen LogP contribution in [0.15, 0.2) is 52.3 Å². The molecule has 12 heteroatoms. The molecule has 4 rings (SSSR count). The normalized spacial score (nSPS) is 18.9. The van der Waals surface area contributed by atoms with Crippen LogP contribution in [0.2, 0.25) is 10.0 Å². The van der Waals surface area contributed by atoms with Gasteiger partial charge in [0, 0.05) is 60.6 Å². The first-order chi connectivity index (χ1) is 20.4. The Bertz CT molecular complexity index is 1260. The van der Waals surface area contributed by atoms with Gasteiger partial charge in [0.1, 0.15) is 6.61 Å². The van der Waals surface area contributed by atoms with Gasteiger partial charge < -0.3 is 19.9 Å². The molecule has 0 aliphatic carbocycles. The zero-order valence-corrected chi connectivity index (χ0v) is 25.4. The van der Waals surface area contributed by atoms with E-state index in [1.54, 1.807) is 24.8 Å². The summed E-state index contributed by atoms with van der Waals surface area (Å²) in [5.74, 6) is -0.0346. The first-order valence-corrected chi connectivity index (χ1v) is 15.0. The number of ether oxygens (including phenoxy) is 2. The summed E-state index contributed by atoms with van der Waals surface area (Å²) in [6.07, 6.45) is 7.66. The Kier molecular flexibility index (Phi) is 12.6. The van der Waals surface area contributed by atoms with Crippen molar-refractivity contribution < 1.29 is 19.4 Å². The second kappa shape index (κ2) is 16.6. The van der Waals surface area contributed by atoms with E-state index < -0.39 is 5.97 Å². The molecule has 2 aliphatic heterocycles. The summed E-state index contributed by atoms with van der Waals surface area (Å²) in [6.45, 7) is 8.27. The van der Waals surface area contributed by atoms with Crippen LogP contribution in [-0.2, 0) is 16.1 Å². The van der Waals surface area contributed by atoms with Gasteiger partial charge in [0.05, 0.1) is 37.4 Å². The molecule has 2 aromatic rings. The summed E-state index contributed by atoms with van der Waals surface area (Å²) in [5, 5.41) is 13.0. The Balaban J connectivity index is 1.54. The Morgan fingerprint density at radius 3 is 2.48 bits per heavy atom. The number of aromatic nitrogens is 1. The molecule has 10 nitrogen and oxygen atoms in total. The number of nitrogens with zero attached hydrogens (tertiary/aromatic N) is 5. The van der Waals surface area contributed by atoms with Crippen LogP contribution in [0.4, 0.5) is 0 Å². The number of piperidine rings is 1. The van der Waals surface area contributed by atoms with Crippen LogP contribution >= 0.6 is 23.2 Å². The maximum absolute atomic E-state index is 10.9. The van der Waals surface area contributed by atoms with Crippen LogP contribution in [0.3, 0.4) is 0 Å². The van der Waals surface area contributed by atoms with Gasteiger partial charge >= 0.3 is 5.97 Å². The number of aliphatic imine (C=N–C) groups is 2. The Morgan fingerprint density at radius 2 is 1.76 bits per heavy atom. The average molecular weight is 618 g/mol. The topological polar surface area (TPSA) is 112 Å². The summed E-state index contributed by atoms with van der Waals surface area (Å²) >= 11 is 12.6. The SMILES string of the molecule is CCCN1CCN=CN/C=C(/Oc2cc(CN3CCC(OCC(=O)O)CC3)cc(-c3cc(Cl)cc(Cl)c3)n2)C=NCC1. The second-order valence-electron chi connectivity index (χ2n) is 10.3. The molecule has 1 aromatic carbocycles. The zero-order chi connectivity index (χ0) is 29.7. The molecule has 1 aromatic heterocycles. The molecule has 0 unspecified atom stereocenters. The van der Waals surface area contributed by atoms with Gasteiger partial charge in [0.2, 0.25) is 5.88 Å². The summed E-state index contributed by atoms with van der Waals surface area (Å²) in [7, 11) is 0. The molecule has 2 aliphatic rings. The van der Waals surface area contributed by atoms with Crippen molar-refractivity contribution in [3.8, 4) is 17.1 Å². The predicted molar refractivity (Wildman–Crippen MR) is 167 cm³/mol. The number of rotatable bonds is 10. The van der Waals surface area contributed by atoms with Crippen LogP contribution in [0, 0.1) is 0 Å². The van der Waals surface area contributed by atoms with Gasteiger partial charge in [-0.15, -0.1) is 0 Å². The molecule has 0 atom stereocenters. The summed E-state index contributed by atoms with van der Waals surface area (Å²) in [4.78, 5) is 29.4. The van der Waals surface area contributed by atoms with Crippen molar-refractivity contribution in [3.63, 3.8) is 0 Å². The van der Waals surface area contributed by atoms with Crippen molar-refractivity contribution in [2.24, 2.45) is 9.98 Å². The van der Waals surface area contributed by atoms with E-state index >= 15 is 0 Å². The first kappa shape index (κ1) is 31.9. The molecular formula is C30H38Cl2N6O4. The highest BCUT2D eigenvalue weighted by Gasteiger charge is 2.21. The van der Waals surface area contributed by atoms with Crippen molar-refractivity contribution in [2.45, 2.75) is 38.8 Å². The number of carboxylic acid groups (broad SMARTS) is 1. The van der Waals surface area contributed by atoms with Crippen molar-refractivity contribution in [1.29, 1.82) is 0 Å². The number of hydrogen-bond acceptors (Lipinski definition) is 9. The quantitative estimate of drug-likeness (QED) is 0.393. The fourth-order valence-corrected chi connectivity index (χ4v) is 5.41. The molecule has 0 amide bonds. The lowest BCUT2D eigenvalue weighted by molar-refractivity contribution is -0.145. The van der Waals surface area contributed by atoms with Gasteiger partial charge in [-0.1, -0.05) is 30.1 Å². The van der Waals surface area contributed by atoms with Gasteiger partial charge in [0.25, 0.3) is 0 Å². The van der Waals surface area contributed by atoms with E-state index in [2.05, 4.69) is 32.0 Å². The lowest BCUT2D eigenvalue weighted by atomic mass is 10.1. The minimum atomic E-state index is -0.946. The van der Waals surface area contributed by atoms with Crippen LogP contribution in [0.25, 0.3) is 11.3 Å². The number of hydrogen-bond donors (Lipinski definition) is 2. The smallest absolute Gasteiger partial charge is 0.329 e. The Labute approximate surface area is 257 Å². The molecule has 0 spiro atoms. The van der Waals surface area contributed by atoms with Crippen LogP contribution in [0.5, 0.6) is 5.88 Å². The summed E-state index contributed by atoms with van der Waals surface area (Å²) in [5.41, 5.74) is 2.47. The van der Waals surface area contributed by atoms with Gasteiger partial charge in [-0.2, -0.15) is 0 Å². The standard InChI is InChI=1S/C30H38Cl2N6O4/c1-2-7-37-10-5-33-17-27(18-35-21-34-6-11-37)42-29-13-22(12-28(36-29)23-14-24(31)16-25(32)15-23)19-38-8-3-26(4-9-38)41-20-30(39)40/h12-18,21,26H,2-11,19-20H2,1H3,(H,34,35)(H,39,40)/b27-18+,33-17?. The van der Waals surface area contributed by atoms with Gasteiger partial charge in [-0.05, 0) is 55.6 Å². The average Bonchev–Trinajstić information content (AvgIpc) is 2.95. The molecule has 226 valence electrons. The number of allylic oxidation sites excluding steroid dienone is 1. The van der Waals surface area contributed by atoms with E-state index in [9.17, 15) is 4.79 Å². The molecule has 0 saturated carbocycles. The zero-order valence-electron chi connectivity index (χ0n) is 23.8. The molecule has 0 bridgehead atoms. The molecule has 2 N–H and O–H groups in total. The summed E-state index contributed by atoms with van der Waals surface area (Å²) in [6, 6.07) is 9.27. The van der Waals surface area contributed by atoms with Crippen molar-refractivity contribution in [1.82, 2.24) is 20.1 Å². The number of halogens is 2. The fraction of sp³-hybridized carbons (Fsp3) is 0.467. The van der Waals surface area contributed by atoms with Crippen LogP contribution in [-0.4, -0.2) is 96.9 Å². The third kappa shape index (κ3) is 10.7. The first-order valence-electron chi connectivity index (χ1n) is 14.3. The highest BCUT2D eigenvalue weighted by molar-refractivity contribution is 6.35. The minimum absolute atomic E-state index is 0.0461. The highest BCUT2D eigenvalue weighted by Crippen LogP contribution is 2.29. The molecule has 1 saturated heterocycles. The number of pyridine rings is 1. The minimum Gasteiger partial charge on any atom is -0.480 e. The highest BCUT2D eigenvalue weighted by atomic mass is 35.5. The third-order valence-electron chi connectivity index (χ3n) is 6.87. The fourth-order valence-electron chi connectivity index (χ4n) is 4.89. The van der Waals surface area contributed by atoms with E-state index in [-0.39, 0.29) is 12.7 Å². The van der Waals surface area contributed by atoms with Crippen molar-refractivity contribution >= 4 is 41.7 Å². The van der Waals surface area contributed by atoms with Gasteiger partial charge in [-0.3, -0.25) is 19.8 Å². The number of benzene rings is 1. The number of carbonyl (C=O) groups is 1. The largest absolute Gasteiger partial charge is 0.480 e. The maximum atomic E-state index is 10.9. The van der Waals surface area contributed by atoms with Gasteiger partial charge in [-0.25, -0.2) is 9.78 Å². The molecule has 1 fully saturated rings. The number of likely N-dealkylation sites (tertiary alicyclic amines) is 1. The lowest BCUT2D eigenvalue weighted by Crippen LogP contribution is -2.37. The second-order valence-corrected chi connectivity index (χ2v) is 11.1. The Hall–Kier alpha value is -3.02. The van der Waals surface area contributed by atoms with E-state index in [0.717, 1.165) is 63.1 Å². The molecule has 3 heterocycles. The van der Waals surface area contributed by atoms with E-state index in [0.29, 0.717) is 47.0 Å². The number of aliphatic carboxylic acids is 1. The Morgan fingerprint density at radius 1 is 1.02 bits per heavy atom. The monoisotopic (exact) mass is 616 g/mol. The third-order valence-corrected chi connectivity index (χ3v) is 7.30. The molecular weight excluding hydrogens is 579 g/mol. The molecule has 42 heavy (non-hydrogen) atoms. The number of carboxylic acids is 1. The predicted octanol–water partition coefficient (Wildman–Crippen LogP) is 4.76. The maximum Gasteiger partial charge on any atom is 0.329 e. The van der Waals surface area contributed by atoms with Crippen molar-refractivity contribution in [2.75, 3.05) is 52.4 Å². The van der Waals surface area contributed by atoms with Crippen molar-refractivity contribution in [3.05, 3.63) is 57.9 Å². The van der Waals surface area contributed by atoms with E-state index in [1.165, 1.54) is 0 Å². The molecule has 0 radical (unpaired) electrons. The number of nitrogens with one attached hydrogen (secondary N) is 1. The van der Waals surface area contributed by atoms with Gasteiger partial charge in [0.15, 0.2) is 5.76 Å². The summed E-state index contributed by atoms with van der Waals surface area (Å²) < 4.78 is 11.8. The van der Waals surface area contributed by atoms with Crippen LogP contribution < -0.4 is 10.1 Å². The lowest BCUT2D eigenvalue weighted by Gasteiger charge is -2.31. The van der Waals surface area contributed by atoms with E-state index in [4.69, 9.17) is 42.8 Å². The van der Waals surface area contributed by atoms with Crippen LogP contribution in [0.1, 0.15) is 31.7 Å².